The average Bonchev–Trinajstić information content (AvgIpc) is 3.32. The van der Waals surface area contributed by atoms with Gasteiger partial charge in [-0.15, -0.1) is 5.10 Å². The number of rotatable bonds is 5. The summed E-state index contributed by atoms with van der Waals surface area (Å²) in [6, 6.07) is 15.9. The molecular formula is C18H12IN7S. The van der Waals surface area contributed by atoms with Crippen LogP contribution in [0.1, 0.15) is 16.7 Å². The first kappa shape index (κ1) is 17.6. The molecule has 0 atom stereocenters. The Kier molecular flexibility index (Phi) is 5.08. The van der Waals surface area contributed by atoms with Crippen LogP contribution in [-0.4, -0.2) is 26.0 Å². The molecule has 0 fully saturated rings. The van der Waals surface area contributed by atoms with Crippen LogP contribution in [0.25, 0.3) is 10.2 Å². The van der Waals surface area contributed by atoms with Gasteiger partial charge in [0, 0.05) is 16.3 Å². The summed E-state index contributed by atoms with van der Waals surface area (Å²) >= 11 is 3.66. The van der Waals surface area contributed by atoms with Crippen molar-refractivity contribution >= 4 is 67.9 Å². The summed E-state index contributed by atoms with van der Waals surface area (Å²) < 4.78 is 5.85. The van der Waals surface area contributed by atoms with Crippen molar-refractivity contribution in [1.82, 2.24) is 19.8 Å². The first-order valence-corrected chi connectivity index (χ1v) is 10.2. The normalized spacial score (nSPS) is 11.1. The molecular weight excluding hydrogens is 473 g/mol. The van der Waals surface area contributed by atoms with E-state index in [-0.39, 0.29) is 0 Å². The molecule has 4 rings (SSSR count). The zero-order valence-corrected chi connectivity index (χ0v) is 16.8. The lowest BCUT2D eigenvalue weighted by molar-refractivity contribution is 1.09. The second kappa shape index (κ2) is 7.81. The summed E-state index contributed by atoms with van der Waals surface area (Å²) in [5.74, 6) is 0.857. The first-order valence-electron chi connectivity index (χ1n) is 7.93. The highest BCUT2D eigenvalue weighted by molar-refractivity contribution is 14.1. The summed E-state index contributed by atoms with van der Waals surface area (Å²) in [5, 5.41) is 23.8. The largest absolute Gasteiger partial charge is 0.339 e. The van der Waals surface area contributed by atoms with Crippen LogP contribution in [0.3, 0.4) is 0 Å². The molecule has 0 aliphatic rings. The van der Waals surface area contributed by atoms with Crippen LogP contribution in [0.4, 0.5) is 17.3 Å². The van der Waals surface area contributed by atoms with Crippen LogP contribution in [0.2, 0.25) is 0 Å². The van der Waals surface area contributed by atoms with E-state index in [4.69, 9.17) is 0 Å². The Labute approximate surface area is 172 Å². The maximum atomic E-state index is 9.54. The van der Waals surface area contributed by atoms with Gasteiger partial charge in [0.1, 0.15) is 23.0 Å². The molecule has 0 spiro atoms. The third kappa shape index (κ3) is 3.81. The number of nitrogens with one attached hydrogen (secondary N) is 2. The van der Waals surface area contributed by atoms with Crippen LogP contribution in [0.5, 0.6) is 0 Å². The minimum absolute atomic E-state index is 0.335. The number of halogens is 1. The Balaban J connectivity index is 1.59. The summed E-state index contributed by atoms with van der Waals surface area (Å²) in [7, 11) is 0. The van der Waals surface area contributed by atoms with Gasteiger partial charge in [-0.25, -0.2) is 4.99 Å². The fourth-order valence-electron chi connectivity index (χ4n) is 2.51. The van der Waals surface area contributed by atoms with Crippen molar-refractivity contribution < 1.29 is 0 Å². The van der Waals surface area contributed by atoms with E-state index in [9.17, 15) is 5.26 Å². The number of nitriles is 1. The van der Waals surface area contributed by atoms with Gasteiger partial charge in [-0.1, -0.05) is 45.3 Å². The Hall–Kier alpha value is -2.84. The molecule has 2 aromatic heterocycles. The number of hydrogen-bond donors (Lipinski definition) is 2. The second-order valence-corrected chi connectivity index (χ2v) is 7.17. The second-order valence-electron chi connectivity index (χ2n) is 5.63. The molecule has 9 heteroatoms. The van der Waals surface area contributed by atoms with Crippen molar-refractivity contribution in [3.05, 3.63) is 59.2 Å². The maximum absolute atomic E-state index is 9.54. The number of nitrogens with zero attached hydrogens (tertiary/aromatic N) is 5. The average molecular weight is 485 g/mol. The van der Waals surface area contributed by atoms with Gasteiger partial charge in [-0.2, -0.15) is 10.4 Å². The highest BCUT2D eigenvalue weighted by Crippen LogP contribution is 2.26. The minimum atomic E-state index is 0.335. The lowest BCUT2D eigenvalue weighted by Crippen LogP contribution is -1.93. The number of anilines is 2. The van der Waals surface area contributed by atoms with E-state index in [1.807, 2.05) is 36.4 Å². The van der Waals surface area contributed by atoms with Gasteiger partial charge < -0.3 is 5.32 Å². The fraction of sp³-hybridized carbons (Fsp3) is 0.0556. The molecule has 0 radical (unpaired) electrons. The molecule has 0 unspecified atom stereocenters. The van der Waals surface area contributed by atoms with Gasteiger partial charge in [0.2, 0.25) is 0 Å². The zero-order valence-electron chi connectivity index (χ0n) is 13.8. The van der Waals surface area contributed by atoms with Crippen LogP contribution < -0.4 is 5.32 Å². The van der Waals surface area contributed by atoms with E-state index in [0.29, 0.717) is 17.2 Å². The molecule has 4 aromatic rings. The van der Waals surface area contributed by atoms with E-state index < -0.39 is 0 Å². The standard InChI is InChI=1S/C18H12IN7S/c19-8-11-2-1-3-13(6-11)22-18-14(9-20)17(24-25-18)21-10-12-4-5-16-15(7-12)23-26-27-16/h1-7,10H,8H2,(H2,22,24,25). The van der Waals surface area contributed by atoms with Crippen molar-refractivity contribution in [2.45, 2.75) is 4.43 Å². The SMILES string of the molecule is N#Cc1c(N=Cc2ccc3snnc3c2)n[nH]c1Nc1cccc(CI)c1. The van der Waals surface area contributed by atoms with Crippen LogP contribution >= 0.6 is 34.1 Å². The van der Waals surface area contributed by atoms with Crippen LogP contribution in [-0.2, 0) is 4.43 Å². The van der Waals surface area contributed by atoms with Crippen LogP contribution in [0, 0.1) is 11.3 Å². The number of fused-ring (bicyclic) bond motifs is 1. The number of hydrogen-bond acceptors (Lipinski definition) is 7. The lowest BCUT2D eigenvalue weighted by atomic mass is 10.2. The van der Waals surface area contributed by atoms with Gasteiger partial charge in [0.05, 0.1) is 4.70 Å². The molecule has 0 bridgehead atoms. The van der Waals surface area contributed by atoms with E-state index in [1.54, 1.807) is 6.21 Å². The molecule has 0 aliphatic carbocycles. The molecule has 2 aromatic carbocycles. The number of benzene rings is 2. The number of H-pyrrole nitrogens is 1. The number of aromatic amines is 1. The smallest absolute Gasteiger partial charge is 0.193 e. The van der Waals surface area contributed by atoms with Gasteiger partial charge in [-0.05, 0) is 46.9 Å². The first-order chi connectivity index (χ1) is 13.3. The Morgan fingerprint density at radius 1 is 1.30 bits per heavy atom. The van der Waals surface area contributed by atoms with Crippen molar-refractivity contribution in [3.8, 4) is 6.07 Å². The minimum Gasteiger partial charge on any atom is -0.339 e. The number of aromatic nitrogens is 4. The van der Waals surface area contributed by atoms with Gasteiger partial charge >= 0.3 is 0 Å². The third-order valence-corrected chi connectivity index (χ3v) is 5.40. The summed E-state index contributed by atoms with van der Waals surface area (Å²) in [6.45, 7) is 0. The van der Waals surface area contributed by atoms with E-state index >= 15 is 0 Å². The molecule has 0 aliphatic heterocycles. The van der Waals surface area contributed by atoms with E-state index in [2.05, 4.69) is 64.8 Å². The van der Waals surface area contributed by atoms with Crippen LogP contribution in [0.15, 0.2) is 47.5 Å². The number of alkyl halides is 1. The molecule has 2 heterocycles. The van der Waals surface area contributed by atoms with Gasteiger partial charge in [0.15, 0.2) is 5.82 Å². The quantitative estimate of drug-likeness (QED) is 0.242. The summed E-state index contributed by atoms with van der Waals surface area (Å²) in [5.41, 5.74) is 4.14. The van der Waals surface area contributed by atoms with Gasteiger partial charge in [0.25, 0.3) is 0 Å². The Morgan fingerprint density at radius 3 is 3.07 bits per heavy atom. The summed E-state index contributed by atoms with van der Waals surface area (Å²) in [6.07, 6.45) is 1.66. The Bertz CT molecular complexity index is 1170. The van der Waals surface area contributed by atoms with Crippen molar-refractivity contribution in [2.75, 3.05) is 5.32 Å². The van der Waals surface area contributed by atoms with Crippen molar-refractivity contribution in [2.24, 2.45) is 4.99 Å². The molecule has 7 nitrogen and oxygen atoms in total. The summed E-state index contributed by atoms with van der Waals surface area (Å²) in [4.78, 5) is 4.36. The third-order valence-electron chi connectivity index (χ3n) is 3.82. The highest BCUT2D eigenvalue weighted by Gasteiger charge is 2.12. The molecule has 27 heavy (non-hydrogen) atoms. The predicted molar refractivity (Wildman–Crippen MR) is 115 cm³/mol. The molecule has 132 valence electrons. The molecule has 2 N–H and O–H groups in total. The predicted octanol–water partition coefficient (Wildman–Crippen LogP) is 4.72. The topological polar surface area (TPSA) is 103 Å². The molecule has 0 amide bonds. The van der Waals surface area contributed by atoms with Gasteiger partial charge in [-0.3, -0.25) is 5.10 Å². The van der Waals surface area contributed by atoms with E-state index in [1.165, 1.54) is 17.1 Å². The Morgan fingerprint density at radius 2 is 2.22 bits per heavy atom. The highest BCUT2D eigenvalue weighted by atomic mass is 127. The lowest BCUT2D eigenvalue weighted by Gasteiger charge is -2.05. The van der Waals surface area contributed by atoms with Crippen molar-refractivity contribution in [3.63, 3.8) is 0 Å². The monoisotopic (exact) mass is 485 g/mol. The molecule has 0 saturated heterocycles. The van der Waals surface area contributed by atoms with E-state index in [0.717, 1.165) is 25.9 Å². The fourth-order valence-corrected chi connectivity index (χ4v) is 3.53. The van der Waals surface area contributed by atoms with Crippen molar-refractivity contribution in [1.29, 1.82) is 5.26 Å². The molecule has 0 saturated carbocycles. The zero-order chi connectivity index (χ0) is 18.6. The number of aliphatic imine (C=N–C) groups is 1. The maximum Gasteiger partial charge on any atom is 0.193 e.